The average molecular weight is 232 g/mol. The Bertz CT molecular complexity index is 657. The number of aromatic nitrogens is 3. The molecule has 0 amide bonds. The number of anilines is 1. The van der Waals surface area contributed by atoms with Crippen LogP contribution in [0.5, 0.6) is 0 Å². The summed E-state index contributed by atoms with van der Waals surface area (Å²) in [6.07, 6.45) is 4.66. The van der Waals surface area contributed by atoms with Crippen molar-refractivity contribution < 1.29 is 0 Å². The minimum Gasteiger partial charge on any atom is -0.383 e. The summed E-state index contributed by atoms with van der Waals surface area (Å²) in [4.78, 5) is 27.0. The van der Waals surface area contributed by atoms with Crippen molar-refractivity contribution in [3.05, 3.63) is 57.0 Å². The molecule has 0 aliphatic rings. The maximum atomic E-state index is 11.7. The van der Waals surface area contributed by atoms with Gasteiger partial charge in [0, 0.05) is 31.2 Å². The van der Waals surface area contributed by atoms with Crippen molar-refractivity contribution in [2.45, 2.75) is 6.54 Å². The zero-order valence-corrected chi connectivity index (χ0v) is 9.33. The van der Waals surface area contributed by atoms with Crippen LogP contribution in [-0.2, 0) is 13.6 Å². The van der Waals surface area contributed by atoms with Crippen LogP contribution in [0.3, 0.4) is 0 Å². The topological polar surface area (TPSA) is 82.9 Å². The summed E-state index contributed by atoms with van der Waals surface area (Å²) in [5.41, 5.74) is 5.26. The minimum absolute atomic E-state index is 0.245. The van der Waals surface area contributed by atoms with E-state index in [0.29, 0.717) is 11.4 Å². The van der Waals surface area contributed by atoms with E-state index < -0.39 is 11.1 Å². The summed E-state index contributed by atoms with van der Waals surface area (Å²) < 4.78 is 2.56. The van der Waals surface area contributed by atoms with Crippen LogP contribution in [-0.4, -0.2) is 14.1 Å². The zero-order valence-electron chi connectivity index (χ0n) is 9.33. The molecule has 2 N–H and O–H groups in total. The highest BCUT2D eigenvalue weighted by Gasteiger charge is 2.05. The van der Waals surface area contributed by atoms with Gasteiger partial charge in [-0.3, -0.25) is 9.59 Å². The van der Waals surface area contributed by atoms with E-state index in [4.69, 9.17) is 5.73 Å². The van der Waals surface area contributed by atoms with Gasteiger partial charge in [0.05, 0.1) is 6.54 Å². The molecule has 0 unspecified atom stereocenters. The number of rotatable bonds is 2. The predicted octanol–water partition coefficient (Wildman–Crippen LogP) is -0.428. The first-order valence-corrected chi connectivity index (χ1v) is 5.05. The lowest BCUT2D eigenvalue weighted by molar-refractivity contribution is 0.695. The molecule has 17 heavy (non-hydrogen) atoms. The molecule has 0 spiro atoms. The van der Waals surface area contributed by atoms with E-state index in [-0.39, 0.29) is 6.54 Å². The van der Waals surface area contributed by atoms with Gasteiger partial charge in [-0.2, -0.15) is 0 Å². The first-order chi connectivity index (χ1) is 8.09. The Labute approximate surface area is 97.0 Å². The second-order valence-electron chi connectivity index (χ2n) is 3.70. The van der Waals surface area contributed by atoms with Crippen LogP contribution >= 0.6 is 0 Å². The molecule has 6 nitrogen and oxygen atoms in total. The van der Waals surface area contributed by atoms with E-state index >= 15 is 0 Å². The van der Waals surface area contributed by atoms with E-state index in [1.54, 1.807) is 24.5 Å². The van der Waals surface area contributed by atoms with E-state index in [1.165, 1.54) is 22.4 Å². The van der Waals surface area contributed by atoms with Gasteiger partial charge in [-0.15, -0.1) is 0 Å². The lowest BCUT2D eigenvalue weighted by atomic mass is 10.2. The summed E-state index contributed by atoms with van der Waals surface area (Å²) in [7, 11) is 1.53. The number of nitrogens with two attached hydrogens (primary N) is 1. The van der Waals surface area contributed by atoms with Gasteiger partial charge in [0.15, 0.2) is 0 Å². The fraction of sp³-hybridized carbons (Fsp3) is 0.182. The standard InChI is InChI=1S/C11H12N4O2/c1-14-5-6-15(11(17)10(14)16)7-8-3-2-4-13-9(8)12/h2-6H,7H2,1H3,(H2,12,13). The number of hydrogen-bond donors (Lipinski definition) is 1. The Morgan fingerprint density at radius 2 is 2.06 bits per heavy atom. The van der Waals surface area contributed by atoms with Crippen molar-refractivity contribution in [3.8, 4) is 0 Å². The van der Waals surface area contributed by atoms with Gasteiger partial charge in [-0.05, 0) is 6.07 Å². The van der Waals surface area contributed by atoms with Crippen LogP contribution in [0.2, 0.25) is 0 Å². The molecule has 2 heterocycles. The molecule has 2 aromatic rings. The van der Waals surface area contributed by atoms with Gasteiger partial charge in [-0.1, -0.05) is 6.07 Å². The van der Waals surface area contributed by atoms with E-state index in [2.05, 4.69) is 4.98 Å². The second-order valence-corrected chi connectivity index (χ2v) is 3.70. The quantitative estimate of drug-likeness (QED) is 0.712. The van der Waals surface area contributed by atoms with Gasteiger partial charge in [0.25, 0.3) is 0 Å². The Hall–Kier alpha value is -2.37. The summed E-state index contributed by atoms with van der Waals surface area (Å²) in [5, 5.41) is 0. The van der Waals surface area contributed by atoms with Crippen LogP contribution in [0.1, 0.15) is 5.56 Å². The highest BCUT2D eigenvalue weighted by Crippen LogP contribution is 2.07. The molecule has 0 aliphatic heterocycles. The third-order valence-corrected chi connectivity index (χ3v) is 2.50. The number of nitrogen functional groups attached to an aromatic ring is 1. The summed E-state index contributed by atoms with van der Waals surface area (Å²) in [5.74, 6) is 0.361. The van der Waals surface area contributed by atoms with Crippen molar-refractivity contribution in [2.24, 2.45) is 7.05 Å². The number of pyridine rings is 1. The van der Waals surface area contributed by atoms with Gasteiger partial charge in [0.1, 0.15) is 5.82 Å². The number of hydrogen-bond acceptors (Lipinski definition) is 4. The molecule has 0 saturated heterocycles. The van der Waals surface area contributed by atoms with E-state index in [1.807, 2.05) is 0 Å². The Balaban J connectivity index is 2.45. The normalized spacial score (nSPS) is 10.4. The van der Waals surface area contributed by atoms with Crippen LogP contribution in [0.4, 0.5) is 5.82 Å². The maximum Gasteiger partial charge on any atom is 0.316 e. The number of aryl methyl sites for hydroxylation is 1. The SMILES string of the molecule is Cn1ccn(Cc2cccnc2N)c(=O)c1=O. The van der Waals surface area contributed by atoms with Crippen molar-refractivity contribution in [2.75, 3.05) is 5.73 Å². The summed E-state index contributed by atoms with van der Waals surface area (Å²) >= 11 is 0. The lowest BCUT2D eigenvalue weighted by Crippen LogP contribution is -2.39. The largest absolute Gasteiger partial charge is 0.383 e. The Morgan fingerprint density at radius 1 is 1.29 bits per heavy atom. The molecule has 0 saturated carbocycles. The first-order valence-electron chi connectivity index (χ1n) is 5.05. The van der Waals surface area contributed by atoms with Gasteiger partial charge < -0.3 is 14.9 Å². The third kappa shape index (κ3) is 2.10. The highest BCUT2D eigenvalue weighted by molar-refractivity contribution is 5.38. The van der Waals surface area contributed by atoms with Crippen LogP contribution in [0.25, 0.3) is 0 Å². The molecular weight excluding hydrogens is 220 g/mol. The molecule has 2 aromatic heterocycles. The number of nitrogens with zero attached hydrogens (tertiary/aromatic N) is 3. The summed E-state index contributed by atoms with van der Waals surface area (Å²) in [6, 6.07) is 3.50. The molecule has 0 aliphatic carbocycles. The summed E-state index contributed by atoms with van der Waals surface area (Å²) in [6.45, 7) is 0.245. The van der Waals surface area contributed by atoms with Crippen LogP contribution in [0, 0.1) is 0 Å². The smallest absolute Gasteiger partial charge is 0.316 e. The first kappa shape index (κ1) is 11.1. The van der Waals surface area contributed by atoms with Crippen molar-refractivity contribution >= 4 is 5.82 Å². The molecule has 0 bridgehead atoms. The highest BCUT2D eigenvalue weighted by atomic mass is 16.2. The van der Waals surface area contributed by atoms with Crippen LogP contribution in [0.15, 0.2) is 40.3 Å². The van der Waals surface area contributed by atoms with Gasteiger partial charge in [-0.25, -0.2) is 4.98 Å². The molecule has 6 heteroatoms. The predicted molar refractivity (Wildman–Crippen MR) is 63.7 cm³/mol. The third-order valence-electron chi connectivity index (χ3n) is 2.50. The van der Waals surface area contributed by atoms with Crippen molar-refractivity contribution in [1.29, 1.82) is 0 Å². The molecule has 0 aromatic carbocycles. The lowest BCUT2D eigenvalue weighted by Gasteiger charge is -2.07. The zero-order chi connectivity index (χ0) is 12.4. The van der Waals surface area contributed by atoms with Crippen molar-refractivity contribution in [3.63, 3.8) is 0 Å². The Morgan fingerprint density at radius 3 is 2.76 bits per heavy atom. The van der Waals surface area contributed by atoms with Gasteiger partial charge >= 0.3 is 11.1 Å². The second kappa shape index (κ2) is 4.25. The Kier molecular flexibility index (Phi) is 2.78. The maximum absolute atomic E-state index is 11.7. The molecule has 88 valence electrons. The fourth-order valence-electron chi connectivity index (χ4n) is 1.48. The molecular formula is C11H12N4O2. The molecule has 2 rings (SSSR count). The van der Waals surface area contributed by atoms with Crippen molar-refractivity contribution in [1.82, 2.24) is 14.1 Å². The molecule has 0 fully saturated rings. The van der Waals surface area contributed by atoms with Gasteiger partial charge in [0.2, 0.25) is 0 Å². The molecule has 0 atom stereocenters. The fourth-order valence-corrected chi connectivity index (χ4v) is 1.48. The monoisotopic (exact) mass is 232 g/mol. The average Bonchev–Trinajstić information content (AvgIpc) is 2.32. The van der Waals surface area contributed by atoms with E-state index in [0.717, 1.165) is 0 Å². The van der Waals surface area contributed by atoms with Crippen LogP contribution < -0.4 is 16.9 Å². The molecule has 0 radical (unpaired) electrons. The minimum atomic E-state index is -0.571. The van der Waals surface area contributed by atoms with E-state index in [9.17, 15) is 9.59 Å².